The maximum Gasteiger partial charge on any atom is 0.239 e. The van der Waals surface area contributed by atoms with Gasteiger partial charge in [-0.3, -0.25) is 14.4 Å². The molecule has 3 N–H and O–H groups in total. The van der Waals surface area contributed by atoms with E-state index in [1.165, 1.54) is 0 Å². The lowest BCUT2D eigenvalue weighted by molar-refractivity contribution is -0.126. The standard InChI is InChI=1S/C20H32N2O5/c1-2-19(25)22-12-20(26)21-11-16-15(17-9-10-18(16)27-17)8-6-4-3-5-7-14(24)13-23/h4,6,15-18,23H,2-3,5,7-13H2,1H3,(H,21,26)(H,22,25)/t15-,16+,17-,18+/m1/s1. The van der Waals surface area contributed by atoms with Crippen LogP contribution in [0.1, 0.15) is 51.9 Å². The van der Waals surface area contributed by atoms with Crippen LogP contribution >= 0.6 is 0 Å². The molecule has 2 bridgehead atoms. The van der Waals surface area contributed by atoms with E-state index < -0.39 is 0 Å². The van der Waals surface area contributed by atoms with Crippen molar-refractivity contribution in [3.8, 4) is 0 Å². The lowest BCUT2D eigenvalue weighted by Gasteiger charge is -2.27. The summed E-state index contributed by atoms with van der Waals surface area (Å²) in [5.74, 6) is 0.287. The Morgan fingerprint density at radius 1 is 1.07 bits per heavy atom. The molecule has 27 heavy (non-hydrogen) atoms. The number of hydrogen-bond acceptors (Lipinski definition) is 5. The maximum absolute atomic E-state index is 11.9. The Hall–Kier alpha value is -1.73. The maximum atomic E-state index is 11.9. The minimum atomic E-state index is -0.373. The number of aliphatic hydroxyl groups is 1. The number of nitrogens with one attached hydrogen (secondary N) is 2. The molecule has 0 aromatic carbocycles. The molecule has 0 radical (unpaired) electrons. The number of fused-ring (bicyclic) bond motifs is 2. The Morgan fingerprint density at radius 3 is 2.52 bits per heavy atom. The van der Waals surface area contributed by atoms with Crippen LogP contribution in [0.5, 0.6) is 0 Å². The number of Topliss-reactive ketones (excluding diaryl/α,β-unsaturated/α-hetero) is 1. The Morgan fingerprint density at radius 2 is 1.81 bits per heavy atom. The number of allylic oxidation sites excluding steroid dienone is 2. The number of aliphatic hydroxyl groups excluding tert-OH is 1. The molecule has 2 rings (SSSR count). The molecule has 0 aliphatic carbocycles. The van der Waals surface area contributed by atoms with Gasteiger partial charge in [0.2, 0.25) is 11.8 Å². The summed E-state index contributed by atoms with van der Waals surface area (Å²) in [6.45, 7) is 1.97. The molecule has 7 nitrogen and oxygen atoms in total. The molecule has 2 heterocycles. The highest BCUT2D eigenvalue weighted by molar-refractivity contribution is 5.84. The van der Waals surface area contributed by atoms with Crippen LogP contribution < -0.4 is 10.6 Å². The van der Waals surface area contributed by atoms with Gasteiger partial charge < -0.3 is 20.5 Å². The monoisotopic (exact) mass is 380 g/mol. The second kappa shape index (κ2) is 11.2. The molecule has 7 heteroatoms. The van der Waals surface area contributed by atoms with E-state index in [2.05, 4.69) is 22.8 Å². The Kier molecular flexibility index (Phi) is 8.94. The summed E-state index contributed by atoms with van der Waals surface area (Å²) in [4.78, 5) is 34.2. The molecule has 0 aromatic rings. The van der Waals surface area contributed by atoms with Gasteiger partial charge in [-0.1, -0.05) is 19.1 Å². The molecular formula is C20H32N2O5. The molecule has 2 aliphatic rings. The van der Waals surface area contributed by atoms with E-state index in [4.69, 9.17) is 9.84 Å². The van der Waals surface area contributed by atoms with Gasteiger partial charge in [0, 0.05) is 25.3 Å². The van der Waals surface area contributed by atoms with E-state index in [0.29, 0.717) is 31.2 Å². The van der Waals surface area contributed by atoms with Crippen LogP contribution in [0, 0.1) is 11.8 Å². The van der Waals surface area contributed by atoms with E-state index in [9.17, 15) is 14.4 Å². The average Bonchev–Trinajstić information content (AvgIpc) is 3.28. The van der Waals surface area contributed by atoms with Gasteiger partial charge in [0.25, 0.3) is 0 Å². The van der Waals surface area contributed by atoms with E-state index in [1.807, 2.05) is 0 Å². The molecule has 2 amide bonds. The van der Waals surface area contributed by atoms with Crippen LogP contribution in [0.4, 0.5) is 0 Å². The minimum absolute atomic E-state index is 0.0193. The zero-order valence-corrected chi connectivity index (χ0v) is 16.1. The number of ether oxygens (including phenoxy) is 1. The van der Waals surface area contributed by atoms with Gasteiger partial charge in [-0.2, -0.15) is 0 Å². The predicted molar refractivity (Wildman–Crippen MR) is 101 cm³/mol. The minimum Gasteiger partial charge on any atom is -0.389 e. The summed E-state index contributed by atoms with van der Waals surface area (Å²) in [7, 11) is 0. The largest absolute Gasteiger partial charge is 0.389 e. The van der Waals surface area contributed by atoms with E-state index in [0.717, 1.165) is 32.1 Å². The molecule has 2 aliphatic heterocycles. The van der Waals surface area contributed by atoms with Crippen molar-refractivity contribution in [3.63, 3.8) is 0 Å². The van der Waals surface area contributed by atoms with Crippen molar-refractivity contribution in [3.05, 3.63) is 12.2 Å². The zero-order valence-electron chi connectivity index (χ0n) is 16.1. The average molecular weight is 380 g/mol. The summed E-state index contributed by atoms with van der Waals surface area (Å²) in [6, 6.07) is 0. The summed E-state index contributed by atoms with van der Waals surface area (Å²) >= 11 is 0. The molecule has 4 atom stereocenters. The van der Waals surface area contributed by atoms with Gasteiger partial charge >= 0.3 is 0 Å². The lowest BCUT2D eigenvalue weighted by atomic mass is 9.77. The van der Waals surface area contributed by atoms with Crippen molar-refractivity contribution in [2.75, 3.05) is 19.7 Å². The van der Waals surface area contributed by atoms with Crippen molar-refractivity contribution in [2.24, 2.45) is 11.8 Å². The molecule has 2 fully saturated rings. The summed E-state index contributed by atoms with van der Waals surface area (Å²) in [5, 5.41) is 14.2. The highest BCUT2D eigenvalue weighted by Crippen LogP contribution is 2.44. The molecule has 152 valence electrons. The summed E-state index contributed by atoms with van der Waals surface area (Å²) in [5.41, 5.74) is 0. The van der Waals surface area contributed by atoms with E-state index in [-0.39, 0.29) is 43.0 Å². The Bertz CT molecular complexity index is 548. The summed E-state index contributed by atoms with van der Waals surface area (Å²) in [6.07, 6.45) is 10.1. The van der Waals surface area contributed by atoms with Crippen LogP contribution in [0.3, 0.4) is 0 Å². The SMILES string of the molecule is CCC(=O)NCC(=O)NC[C@H]1[C@@H](CC=CCCCC(=O)CO)[C@H]2CC[C@@H]1O2. The van der Waals surface area contributed by atoms with E-state index in [1.54, 1.807) is 6.92 Å². The van der Waals surface area contributed by atoms with Gasteiger partial charge in [0.1, 0.15) is 6.61 Å². The van der Waals surface area contributed by atoms with Crippen LogP contribution in [-0.2, 0) is 19.1 Å². The molecule has 0 saturated carbocycles. The number of unbranched alkanes of at least 4 members (excludes halogenated alkanes) is 1. The fourth-order valence-corrected chi connectivity index (χ4v) is 3.95. The topological polar surface area (TPSA) is 105 Å². The molecular weight excluding hydrogens is 348 g/mol. The number of carbonyl (C=O) groups is 3. The fourth-order valence-electron chi connectivity index (χ4n) is 3.95. The van der Waals surface area contributed by atoms with Crippen LogP contribution in [0.25, 0.3) is 0 Å². The quantitative estimate of drug-likeness (QED) is 0.347. The normalized spacial score (nSPS) is 26.4. The summed E-state index contributed by atoms with van der Waals surface area (Å²) < 4.78 is 6.04. The zero-order chi connectivity index (χ0) is 19.6. The third-order valence-corrected chi connectivity index (χ3v) is 5.47. The third-order valence-electron chi connectivity index (χ3n) is 5.47. The lowest BCUT2D eigenvalue weighted by Crippen LogP contribution is -2.42. The molecule has 0 unspecified atom stereocenters. The molecule has 2 saturated heterocycles. The Balaban J connectivity index is 1.72. The second-order valence-electron chi connectivity index (χ2n) is 7.35. The molecule has 0 spiro atoms. The number of carbonyl (C=O) groups excluding carboxylic acids is 3. The van der Waals surface area contributed by atoms with Crippen molar-refractivity contribution in [1.29, 1.82) is 0 Å². The van der Waals surface area contributed by atoms with Crippen LogP contribution in [-0.4, -0.2) is 54.6 Å². The van der Waals surface area contributed by atoms with Crippen molar-refractivity contribution >= 4 is 17.6 Å². The van der Waals surface area contributed by atoms with Crippen molar-refractivity contribution in [2.45, 2.75) is 64.1 Å². The number of rotatable bonds is 12. The second-order valence-corrected chi connectivity index (χ2v) is 7.35. The fraction of sp³-hybridized carbons (Fsp3) is 0.750. The highest BCUT2D eigenvalue weighted by Gasteiger charge is 2.47. The predicted octanol–water partition coefficient (Wildman–Crippen LogP) is 1.10. The van der Waals surface area contributed by atoms with Gasteiger partial charge in [-0.05, 0) is 38.0 Å². The third kappa shape index (κ3) is 6.74. The van der Waals surface area contributed by atoms with Gasteiger partial charge in [-0.25, -0.2) is 0 Å². The van der Waals surface area contributed by atoms with Crippen molar-refractivity contribution < 1.29 is 24.2 Å². The van der Waals surface area contributed by atoms with E-state index >= 15 is 0 Å². The highest BCUT2D eigenvalue weighted by atomic mass is 16.5. The van der Waals surface area contributed by atoms with Gasteiger partial charge in [-0.15, -0.1) is 0 Å². The number of ketones is 1. The first-order valence-electron chi connectivity index (χ1n) is 10.0. The number of amides is 2. The first-order chi connectivity index (χ1) is 13.0. The number of hydrogen-bond donors (Lipinski definition) is 3. The van der Waals surface area contributed by atoms with Crippen LogP contribution in [0.15, 0.2) is 12.2 Å². The Labute approximate surface area is 160 Å². The first kappa shape index (κ1) is 21.6. The van der Waals surface area contributed by atoms with Crippen LogP contribution in [0.2, 0.25) is 0 Å². The van der Waals surface area contributed by atoms with Gasteiger partial charge in [0.05, 0.1) is 18.8 Å². The molecule has 0 aromatic heterocycles. The first-order valence-corrected chi connectivity index (χ1v) is 10.0. The smallest absolute Gasteiger partial charge is 0.239 e. The van der Waals surface area contributed by atoms with Crippen molar-refractivity contribution in [1.82, 2.24) is 10.6 Å². The van der Waals surface area contributed by atoms with Gasteiger partial charge in [0.15, 0.2) is 5.78 Å².